The molecule has 2 aromatic carbocycles. The lowest BCUT2D eigenvalue weighted by Crippen LogP contribution is -2.34. The van der Waals surface area contributed by atoms with Gasteiger partial charge in [-0.3, -0.25) is 14.9 Å². The third-order valence-corrected chi connectivity index (χ3v) is 4.65. The number of amides is 2. The van der Waals surface area contributed by atoms with Crippen LogP contribution in [0.2, 0.25) is 0 Å². The SMILES string of the molecule is CCOCCOc1ccccc1C(=O)NC(=S)Nc1ccc(C(=O)NC(C)CC)cc1. The molecule has 2 rings (SSSR count). The minimum atomic E-state index is -0.380. The number of carbonyl (C=O) groups is 2. The molecule has 3 N–H and O–H groups in total. The van der Waals surface area contributed by atoms with Gasteiger partial charge >= 0.3 is 0 Å². The molecule has 0 aliphatic rings. The number of nitrogens with one attached hydrogen (secondary N) is 3. The smallest absolute Gasteiger partial charge is 0.261 e. The van der Waals surface area contributed by atoms with E-state index >= 15 is 0 Å². The Morgan fingerprint density at radius 2 is 1.71 bits per heavy atom. The Hall–Kier alpha value is -2.97. The van der Waals surface area contributed by atoms with Gasteiger partial charge in [0.2, 0.25) is 0 Å². The number of para-hydroxylation sites is 1. The number of ether oxygens (including phenoxy) is 2. The van der Waals surface area contributed by atoms with Gasteiger partial charge in [-0.15, -0.1) is 0 Å². The highest BCUT2D eigenvalue weighted by Gasteiger charge is 2.14. The lowest BCUT2D eigenvalue weighted by Gasteiger charge is -2.14. The molecule has 0 fully saturated rings. The Labute approximate surface area is 188 Å². The van der Waals surface area contributed by atoms with Crippen molar-refractivity contribution in [2.45, 2.75) is 33.2 Å². The Kier molecular flexibility index (Phi) is 9.93. The van der Waals surface area contributed by atoms with Crippen LogP contribution in [0.25, 0.3) is 0 Å². The molecule has 0 saturated heterocycles. The zero-order chi connectivity index (χ0) is 22.6. The topological polar surface area (TPSA) is 88.7 Å². The molecule has 166 valence electrons. The van der Waals surface area contributed by atoms with Crippen molar-refractivity contribution >= 4 is 34.8 Å². The molecular formula is C23H29N3O4S. The molecule has 0 aliphatic heterocycles. The van der Waals surface area contributed by atoms with E-state index in [4.69, 9.17) is 21.7 Å². The minimum absolute atomic E-state index is 0.110. The quantitative estimate of drug-likeness (QED) is 0.383. The molecule has 31 heavy (non-hydrogen) atoms. The van der Waals surface area contributed by atoms with Crippen LogP contribution < -0.4 is 20.7 Å². The van der Waals surface area contributed by atoms with Gasteiger partial charge in [-0.05, 0) is 68.9 Å². The Morgan fingerprint density at radius 3 is 2.39 bits per heavy atom. The van der Waals surface area contributed by atoms with Crippen LogP contribution in [-0.2, 0) is 4.74 Å². The highest BCUT2D eigenvalue weighted by molar-refractivity contribution is 7.80. The number of thiocarbonyl (C=S) groups is 1. The predicted octanol–water partition coefficient (Wildman–Crippen LogP) is 3.76. The number of rotatable bonds is 10. The fraction of sp³-hybridized carbons (Fsp3) is 0.348. The van der Waals surface area contributed by atoms with E-state index in [9.17, 15) is 9.59 Å². The molecule has 0 radical (unpaired) electrons. The van der Waals surface area contributed by atoms with Crippen LogP contribution in [-0.4, -0.2) is 42.8 Å². The minimum Gasteiger partial charge on any atom is -0.490 e. The monoisotopic (exact) mass is 443 g/mol. The second-order valence-electron chi connectivity index (χ2n) is 6.81. The molecule has 7 nitrogen and oxygen atoms in total. The summed E-state index contributed by atoms with van der Waals surface area (Å²) in [4.78, 5) is 24.8. The number of anilines is 1. The molecule has 0 heterocycles. The summed E-state index contributed by atoms with van der Waals surface area (Å²) in [5, 5.41) is 8.66. The first-order valence-corrected chi connectivity index (χ1v) is 10.7. The molecule has 0 spiro atoms. The van der Waals surface area contributed by atoms with E-state index < -0.39 is 0 Å². The fourth-order valence-electron chi connectivity index (χ4n) is 2.58. The van der Waals surface area contributed by atoms with Crippen molar-refractivity contribution in [3.8, 4) is 5.75 Å². The van der Waals surface area contributed by atoms with Crippen LogP contribution in [0.4, 0.5) is 5.69 Å². The lowest BCUT2D eigenvalue weighted by molar-refractivity contribution is 0.0936. The van der Waals surface area contributed by atoms with Crippen LogP contribution in [0, 0.1) is 0 Å². The largest absolute Gasteiger partial charge is 0.490 e. The third-order valence-electron chi connectivity index (χ3n) is 4.44. The first kappa shape index (κ1) is 24.3. The molecule has 0 saturated carbocycles. The van der Waals surface area contributed by atoms with Gasteiger partial charge in [0, 0.05) is 23.9 Å². The van der Waals surface area contributed by atoms with Crippen LogP contribution >= 0.6 is 12.2 Å². The zero-order valence-corrected chi connectivity index (χ0v) is 18.9. The molecule has 0 aliphatic carbocycles. The maximum atomic E-state index is 12.6. The van der Waals surface area contributed by atoms with Crippen LogP contribution in [0.3, 0.4) is 0 Å². The van der Waals surface area contributed by atoms with Crippen molar-refractivity contribution in [2.75, 3.05) is 25.1 Å². The van der Waals surface area contributed by atoms with Crippen LogP contribution in [0.5, 0.6) is 5.75 Å². The average Bonchev–Trinajstić information content (AvgIpc) is 2.77. The summed E-state index contributed by atoms with van der Waals surface area (Å²) in [6.07, 6.45) is 0.861. The Balaban J connectivity index is 1.92. The molecule has 0 bridgehead atoms. The highest BCUT2D eigenvalue weighted by Crippen LogP contribution is 2.18. The summed E-state index contributed by atoms with van der Waals surface area (Å²) < 4.78 is 10.9. The maximum absolute atomic E-state index is 12.6. The summed E-state index contributed by atoms with van der Waals surface area (Å²) in [5.41, 5.74) is 1.59. The van der Waals surface area contributed by atoms with Gasteiger partial charge in [0.1, 0.15) is 12.4 Å². The molecule has 2 amide bonds. The second kappa shape index (κ2) is 12.7. The summed E-state index contributed by atoms with van der Waals surface area (Å²) in [6, 6.07) is 13.9. The van der Waals surface area contributed by atoms with Crippen molar-refractivity contribution < 1.29 is 19.1 Å². The van der Waals surface area contributed by atoms with Gasteiger partial charge < -0.3 is 20.1 Å². The van der Waals surface area contributed by atoms with Crippen molar-refractivity contribution in [1.82, 2.24) is 10.6 Å². The van der Waals surface area contributed by atoms with Crippen molar-refractivity contribution in [3.05, 3.63) is 59.7 Å². The normalized spacial score (nSPS) is 11.3. The number of benzene rings is 2. The predicted molar refractivity (Wildman–Crippen MR) is 126 cm³/mol. The summed E-state index contributed by atoms with van der Waals surface area (Å²) in [5.74, 6) is -0.0500. The summed E-state index contributed by atoms with van der Waals surface area (Å²) in [7, 11) is 0. The van der Waals surface area contributed by atoms with Crippen LogP contribution in [0.15, 0.2) is 48.5 Å². The van der Waals surface area contributed by atoms with Crippen LogP contribution in [0.1, 0.15) is 47.9 Å². The number of hydrogen-bond acceptors (Lipinski definition) is 5. The van der Waals surface area contributed by atoms with E-state index in [1.807, 2.05) is 20.8 Å². The maximum Gasteiger partial charge on any atom is 0.261 e. The third kappa shape index (κ3) is 7.99. The van der Waals surface area contributed by atoms with Gasteiger partial charge in [-0.25, -0.2) is 0 Å². The summed E-state index contributed by atoms with van der Waals surface area (Å²) in [6.45, 7) is 7.27. The van der Waals surface area contributed by atoms with Gasteiger partial charge in [-0.2, -0.15) is 0 Å². The number of hydrogen-bond donors (Lipinski definition) is 3. The van der Waals surface area contributed by atoms with Gasteiger partial charge in [0.25, 0.3) is 11.8 Å². The second-order valence-corrected chi connectivity index (χ2v) is 7.22. The highest BCUT2D eigenvalue weighted by atomic mass is 32.1. The van der Waals surface area contributed by atoms with Gasteiger partial charge in [0.15, 0.2) is 5.11 Å². The van der Waals surface area contributed by atoms with E-state index in [0.717, 1.165) is 6.42 Å². The van der Waals surface area contributed by atoms with E-state index in [1.165, 1.54) is 0 Å². The summed E-state index contributed by atoms with van der Waals surface area (Å²) >= 11 is 5.25. The zero-order valence-electron chi connectivity index (χ0n) is 18.1. The van der Waals surface area contributed by atoms with Crippen molar-refractivity contribution in [1.29, 1.82) is 0 Å². The Morgan fingerprint density at radius 1 is 1.00 bits per heavy atom. The first-order chi connectivity index (χ1) is 14.9. The molecule has 0 aromatic heterocycles. The molecule has 8 heteroatoms. The lowest BCUT2D eigenvalue weighted by atomic mass is 10.1. The van der Waals surface area contributed by atoms with E-state index in [-0.39, 0.29) is 23.0 Å². The molecule has 1 unspecified atom stereocenters. The van der Waals surface area contributed by atoms with E-state index in [2.05, 4.69) is 16.0 Å². The average molecular weight is 444 g/mol. The van der Waals surface area contributed by atoms with Crippen molar-refractivity contribution in [2.24, 2.45) is 0 Å². The first-order valence-electron chi connectivity index (χ1n) is 10.3. The van der Waals surface area contributed by atoms with E-state index in [1.54, 1.807) is 48.5 Å². The Bertz CT molecular complexity index is 887. The molecule has 2 aromatic rings. The molecule has 1 atom stereocenters. The van der Waals surface area contributed by atoms with Crippen molar-refractivity contribution in [3.63, 3.8) is 0 Å². The standard InChI is InChI=1S/C23H29N3O4S/c1-4-16(3)24-21(27)17-10-12-18(13-11-17)25-23(31)26-22(28)19-8-6-7-9-20(19)30-15-14-29-5-2/h6-13,16H,4-5,14-15H2,1-3H3,(H,24,27)(H2,25,26,28,31). The fourth-order valence-corrected chi connectivity index (χ4v) is 2.79. The van der Waals surface area contributed by atoms with Gasteiger partial charge in [-0.1, -0.05) is 19.1 Å². The van der Waals surface area contributed by atoms with Gasteiger partial charge in [0.05, 0.1) is 12.2 Å². The number of carbonyl (C=O) groups excluding carboxylic acids is 2. The molecular weight excluding hydrogens is 414 g/mol. The van der Waals surface area contributed by atoms with E-state index in [0.29, 0.717) is 42.4 Å².